The SMILES string of the molecule is Cc1cccc(CC(=O)CCC(CCN)C(C)C)c1. The lowest BCUT2D eigenvalue weighted by atomic mass is 9.87. The minimum Gasteiger partial charge on any atom is -0.330 e. The van der Waals surface area contributed by atoms with Crippen LogP contribution in [0, 0.1) is 18.8 Å². The van der Waals surface area contributed by atoms with Gasteiger partial charge in [0.15, 0.2) is 0 Å². The third kappa shape index (κ3) is 6.02. The minimum absolute atomic E-state index is 0.341. The van der Waals surface area contributed by atoms with Crippen LogP contribution in [0.1, 0.15) is 44.2 Å². The molecule has 0 aliphatic heterocycles. The van der Waals surface area contributed by atoms with Crippen LogP contribution in [-0.4, -0.2) is 12.3 Å². The smallest absolute Gasteiger partial charge is 0.137 e. The van der Waals surface area contributed by atoms with Crippen molar-refractivity contribution in [3.05, 3.63) is 35.4 Å². The predicted octanol–water partition coefficient (Wildman–Crippen LogP) is 3.51. The van der Waals surface area contributed by atoms with Crippen molar-refractivity contribution in [2.75, 3.05) is 6.54 Å². The Labute approximate surface area is 117 Å². The van der Waals surface area contributed by atoms with E-state index < -0.39 is 0 Å². The van der Waals surface area contributed by atoms with Gasteiger partial charge in [0.05, 0.1) is 0 Å². The van der Waals surface area contributed by atoms with Crippen LogP contribution in [-0.2, 0) is 11.2 Å². The van der Waals surface area contributed by atoms with Crippen LogP contribution < -0.4 is 5.73 Å². The van der Waals surface area contributed by atoms with Crippen LogP contribution in [0.25, 0.3) is 0 Å². The largest absolute Gasteiger partial charge is 0.330 e. The Morgan fingerprint density at radius 3 is 2.58 bits per heavy atom. The molecule has 0 heterocycles. The highest BCUT2D eigenvalue weighted by molar-refractivity contribution is 5.80. The maximum Gasteiger partial charge on any atom is 0.137 e. The number of Topliss-reactive ketones (excluding diaryl/α,β-unsaturated/α-hetero) is 1. The van der Waals surface area contributed by atoms with Crippen LogP contribution in [0.3, 0.4) is 0 Å². The first-order valence-electron chi connectivity index (χ1n) is 7.30. The molecule has 1 aromatic carbocycles. The molecule has 2 heteroatoms. The Kier molecular flexibility index (Phi) is 6.79. The van der Waals surface area contributed by atoms with E-state index in [0.29, 0.717) is 30.5 Å². The summed E-state index contributed by atoms with van der Waals surface area (Å²) in [7, 11) is 0. The van der Waals surface area contributed by atoms with Crippen molar-refractivity contribution < 1.29 is 4.79 Å². The van der Waals surface area contributed by atoms with E-state index in [1.54, 1.807) is 0 Å². The summed E-state index contributed by atoms with van der Waals surface area (Å²) in [5.74, 6) is 1.52. The molecule has 0 spiro atoms. The van der Waals surface area contributed by atoms with Gasteiger partial charge >= 0.3 is 0 Å². The molecule has 19 heavy (non-hydrogen) atoms. The van der Waals surface area contributed by atoms with Crippen molar-refractivity contribution in [1.82, 2.24) is 0 Å². The lowest BCUT2D eigenvalue weighted by Gasteiger charge is -2.19. The van der Waals surface area contributed by atoms with E-state index in [9.17, 15) is 4.79 Å². The van der Waals surface area contributed by atoms with E-state index in [4.69, 9.17) is 5.73 Å². The standard InChI is InChI=1S/C17H27NO/c1-13(2)16(9-10-18)7-8-17(19)12-15-6-4-5-14(3)11-15/h4-6,11,13,16H,7-10,12,18H2,1-3H3. The molecule has 2 nitrogen and oxygen atoms in total. The van der Waals surface area contributed by atoms with E-state index in [-0.39, 0.29) is 0 Å². The molecule has 0 fully saturated rings. The summed E-state index contributed by atoms with van der Waals surface area (Å²) in [6, 6.07) is 8.20. The Morgan fingerprint density at radius 1 is 1.26 bits per heavy atom. The normalized spacial score (nSPS) is 12.7. The number of hydrogen-bond acceptors (Lipinski definition) is 2. The highest BCUT2D eigenvalue weighted by Crippen LogP contribution is 2.21. The quantitative estimate of drug-likeness (QED) is 0.778. The Morgan fingerprint density at radius 2 is 2.00 bits per heavy atom. The number of ketones is 1. The van der Waals surface area contributed by atoms with Crippen molar-refractivity contribution in [1.29, 1.82) is 0 Å². The minimum atomic E-state index is 0.341. The number of hydrogen-bond donors (Lipinski definition) is 1. The summed E-state index contributed by atoms with van der Waals surface area (Å²) >= 11 is 0. The average Bonchev–Trinajstić information content (AvgIpc) is 2.34. The third-order valence-electron chi connectivity index (χ3n) is 3.76. The Hall–Kier alpha value is -1.15. The third-order valence-corrected chi connectivity index (χ3v) is 3.76. The summed E-state index contributed by atoms with van der Waals surface area (Å²) in [4.78, 5) is 12.0. The fourth-order valence-corrected chi connectivity index (χ4v) is 2.51. The molecule has 0 aromatic heterocycles. The monoisotopic (exact) mass is 261 g/mol. The Bertz CT molecular complexity index is 398. The van der Waals surface area contributed by atoms with Gasteiger partial charge in [-0.05, 0) is 43.7 Å². The van der Waals surface area contributed by atoms with Crippen LogP contribution in [0.2, 0.25) is 0 Å². The van der Waals surface area contributed by atoms with Crippen molar-refractivity contribution in [2.24, 2.45) is 17.6 Å². The van der Waals surface area contributed by atoms with Crippen LogP contribution in [0.15, 0.2) is 24.3 Å². The number of carbonyl (C=O) groups excluding carboxylic acids is 1. The molecule has 1 atom stereocenters. The van der Waals surface area contributed by atoms with Gasteiger partial charge in [0.2, 0.25) is 0 Å². The van der Waals surface area contributed by atoms with Gasteiger partial charge in [0.1, 0.15) is 5.78 Å². The second-order valence-electron chi connectivity index (χ2n) is 5.82. The molecule has 0 saturated heterocycles. The topological polar surface area (TPSA) is 43.1 Å². The van der Waals surface area contributed by atoms with E-state index in [1.807, 2.05) is 12.1 Å². The maximum absolute atomic E-state index is 12.0. The molecule has 1 unspecified atom stereocenters. The zero-order valence-electron chi connectivity index (χ0n) is 12.5. The van der Waals surface area contributed by atoms with Gasteiger partial charge in [-0.2, -0.15) is 0 Å². The van der Waals surface area contributed by atoms with Crippen molar-refractivity contribution >= 4 is 5.78 Å². The van der Waals surface area contributed by atoms with Gasteiger partial charge in [-0.25, -0.2) is 0 Å². The summed E-state index contributed by atoms with van der Waals surface area (Å²) < 4.78 is 0. The van der Waals surface area contributed by atoms with Gasteiger partial charge in [0, 0.05) is 12.8 Å². The average molecular weight is 261 g/mol. The van der Waals surface area contributed by atoms with E-state index in [2.05, 4.69) is 32.9 Å². The van der Waals surface area contributed by atoms with Gasteiger partial charge in [0.25, 0.3) is 0 Å². The molecule has 0 aliphatic rings. The fraction of sp³-hybridized carbons (Fsp3) is 0.588. The zero-order valence-corrected chi connectivity index (χ0v) is 12.5. The summed E-state index contributed by atoms with van der Waals surface area (Å²) in [5, 5.41) is 0. The summed E-state index contributed by atoms with van der Waals surface area (Å²) in [6.07, 6.45) is 3.24. The molecule has 1 aromatic rings. The lowest BCUT2D eigenvalue weighted by Crippen LogP contribution is -2.16. The number of rotatable bonds is 8. The highest BCUT2D eigenvalue weighted by atomic mass is 16.1. The van der Waals surface area contributed by atoms with Crippen LogP contribution >= 0.6 is 0 Å². The molecular weight excluding hydrogens is 234 g/mol. The number of nitrogens with two attached hydrogens (primary N) is 1. The van der Waals surface area contributed by atoms with Crippen molar-refractivity contribution in [2.45, 2.75) is 46.5 Å². The molecule has 1 rings (SSSR count). The van der Waals surface area contributed by atoms with Crippen molar-refractivity contribution in [3.63, 3.8) is 0 Å². The van der Waals surface area contributed by atoms with Crippen LogP contribution in [0.4, 0.5) is 0 Å². The molecule has 0 aliphatic carbocycles. The number of benzene rings is 1. The van der Waals surface area contributed by atoms with E-state index in [0.717, 1.165) is 24.9 Å². The molecule has 0 bridgehead atoms. The second kappa shape index (κ2) is 8.11. The first kappa shape index (κ1) is 15.9. The van der Waals surface area contributed by atoms with Crippen LogP contribution in [0.5, 0.6) is 0 Å². The molecule has 0 amide bonds. The maximum atomic E-state index is 12.0. The van der Waals surface area contributed by atoms with Gasteiger partial charge in [-0.1, -0.05) is 43.7 Å². The summed E-state index contributed by atoms with van der Waals surface area (Å²) in [5.41, 5.74) is 7.97. The number of carbonyl (C=O) groups is 1. The zero-order chi connectivity index (χ0) is 14.3. The van der Waals surface area contributed by atoms with Gasteiger partial charge in [-0.3, -0.25) is 4.79 Å². The second-order valence-corrected chi connectivity index (χ2v) is 5.82. The first-order valence-corrected chi connectivity index (χ1v) is 7.30. The Balaban J connectivity index is 2.42. The lowest BCUT2D eigenvalue weighted by molar-refractivity contribution is -0.118. The fourth-order valence-electron chi connectivity index (χ4n) is 2.51. The molecule has 0 radical (unpaired) electrons. The van der Waals surface area contributed by atoms with E-state index >= 15 is 0 Å². The highest BCUT2D eigenvalue weighted by Gasteiger charge is 2.14. The van der Waals surface area contributed by atoms with E-state index in [1.165, 1.54) is 5.56 Å². The molecule has 0 saturated carbocycles. The first-order chi connectivity index (χ1) is 9.02. The molecule has 2 N–H and O–H groups in total. The molecule has 106 valence electrons. The molecular formula is C17H27NO. The predicted molar refractivity (Wildman–Crippen MR) is 81.1 cm³/mol. The van der Waals surface area contributed by atoms with Gasteiger partial charge < -0.3 is 5.73 Å². The summed E-state index contributed by atoms with van der Waals surface area (Å²) in [6.45, 7) is 7.20. The number of aryl methyl sites for hydroxylation is 1. The van der Waals surface area contributed by atoms with Gasteiger partial charge in [-0.15, -0.1) is 0 Å². The van der Waals surface area contributed by atoms with Crippen molar-refractivity contribution in [3.8, 4) is 0 Å².